The van der Waals surface area contributed by atoms with E-state index >= 15 is 0 Å². The number of ether oxygens (including phenoxy) is 1. The SMILES string of the molecule is COc1ccc2c(c1)c1c(C)c3c[nH]ccc3c(C)c1[n+]2CCCN. The maximum absolute atomic E-state index is 5.80. The van der Waals surface area contributed by atoms with Gasteiger partial charge in [-0.15, -0.1) is 0 Å². The fourth-order valence-corrected chi connectivity index (χ4v) is 4.04. The Hall–Kier alpha value is -2.59. The van der Waals surface area contributed by atoms with Gasteiger partial charge >= 0.3 is 0 Å². The van der Waals surface area contributed by atoms with Crippen LogP contribution in [0.25, 0.3) is 32.6 Å². The summed E-state index contributed by atoms with van der Waals surface area (Å²) >= 11 is 0. The molecule has 3 N–H and O–H groups in total. The molecule has 0 unspecified atom stereocenters. The summed E-state index contributed by atoms with van der Waals surface area (Å²) in [6.07, 6.45) is 5.06. The van der Waals surface area contributed by atoms with Gasteiger partial charge in [0.25, 0.3) is 0 Å². The highest BCUT2D eigenvalue weighted by molar-refractivity contribution is 6.14. The molecule has 0 fully saturated rings. The Morgan fingerprint density at radius 3 is 2.68 bits per heavy atom. The average Bonchev–Trinajstić information content (AvgIpc) is 2.98. The second-order valence-electron chi connectivity index (χ2n) is 6.62. The Bertz CT molecular complexity index is 1100. The lowest BCUT2D eigenvalue weighted by atomic mass is 9.97. The second kappa shape index (κ2) is 6.05. The van der Waals surface area contributed by atoms with Gasteiger partial charge in [-0.3, -0.25) is 0 Å². The number of pyridine rings is 1. The van der Waals surface area contributed by atoms with Gasteiger partial charge < -0.3 is 15.5 Å². The fourth-order valence-electron chi connectivity index (χ4n) is 4.04. The average molecular weight is 334 g/mol. The van der Waals surface area contributed by atoms with Crippen LogP contribution in [0.4, 0.5) is 0 Å². The molecular weight excluding hydrogens is 310 g/mol. The van der Waals surface area contributed by atoms with E-state index in [-0.39, 0.29) is 0 Å². The van der Waals surface area contributed by atoms with Crippen LogP contribution in [0.3, 0.4) is 0 Å². The number of fused-ring (bicyclic) bond motifs is 4. The number of rotatable bonds is 4. The van der Waals surface area contributed by atoms with E-state index in [1.807, 2.05) is 12.3 Å². The van der Waals surface area contributed by atoms with Crippen molar-refractivity contribution in [3.8, 4) is 5.75 Å². The molecule has 4 nitrogen and oxygen atoms in total. The van der Waals surface area contributed by atoms with Crippen LogP contribution in [0.2, 0.25) is 0 Å². The number of nitrogens with two attached hydrogens (primary N) is 1. The smallest absolute Gasteiger partial charge is 0.217 e. The largest absolute Gasteiger partial charge is 0.497 e. The van der Waals surface area contributed by atoms with Gasteiger partial charge in [-0.2, -0.15) is 4.57 Å². The van der Waals surface area contributed by atoms with E-state index in [0.29, 0.717) is 6.54 Å². The molecule has 0 aliphatic heterocycles. The minimum absolute atomic E-state index is 0.692. The first-order valence-electron chi connectivity index (χ1n) is 8.76. The number of hydrogen-bond donors (Lipinski definition) is 2. The van der Waals surface area contributed by atoms with Crippen molar-refractivity contribution >= 4 is 32.6 Å². The molecule has 4 heteroatoms. The number of H-pyrrole nitrogens is 1. The molecule has 2 heterocycles. The molecule has 128 valence electrons. The Labute approximate surface area is 147 Å². The Morgan fingerprint density at radius 1 is 1.08 bits per heavy atom. The van der Waals surface area contributed by atoms with E-state index in [2.05, 4.69) is 47.8 Å². The molecule has 0 bridgehead atoms. The minimum Gasteiger partial charge on any atom is -0.497 e. The lowest BCUT2D eigenvalue weighted by Crippen LogP contribution is -2.34. The maximum atomic E-state index is 5.80. The zero-order valence-corrected chi connectivity index (χ0v) is 15.0. The van der Waals surface area contributed by atoms with E-state index in [4.69, 9.17) is 10.5 Å². The van der Waals surface area contributed by atoms with E-state index in [0.717, 1.165) is 18.7 Å². The monoisotopic (exact) mass is 334 g/mol. The van der Waals surface area contributed by atoms with Gasteiger partial charge in [0.15, 0.2) is 6.54 Å². The summed E-state index contributed by atoms with van der Waals surface area (Å²) in [6, 6.07) is 8.53. The van der Waals surface area contributed by atoms with Crippen LogP contribution in [-0.2, 0) is 6.54 Å². The molecule has 0 spiro atoms. The van der Waals surface area contributed by atoms with E-state index in [1.54, 1.807) is 7.11 Å². The molecule has 0 atom stereocenters. The van der Waals surface area contributed by atoms with Crippen LogP contribution in [-0.4, -0.2) is 18.6 Å². The Morgan fingerprint density at radius 2 is 1.92 bits per heavy atom. The maximum Gasteiger partial charge on any atom is 0.217 e. The van der Waals surface area contributed by atoms with Crippen molar-refractivity contribution in [2.24, 2.45) is 5.73 Å². The lowest BCUT2D eigenvalue weighted by Gasteiger charge is -2.07. The van der Waals surface area contributed by atoms with Crippen molar-refractivity contribution < 1.29 is 9.30 Å². The molecule has 25 heavy (non-hydrogen) atoms. The molecule has 2 aromatic carbocycles. The van der Waals surface area contributed by atoms with Gasteiger partial charge in [0.05, 0.1) is 17.9 Å². The predicted molar refractivity (Wildman–Crippen MR) is 103 cm³/mol. The quantitative estimate of drug-likeness (QED) is 0.559. The number of hydrogen-bond acceptors (Lipinski definition) is 2. The van der Waals surface area contributed by atoms with Gasteiger partial charge in [-0.05, 0) is 49.5 Å². The summed E-state index contributed by atoms with van der Waals surface area (Å²) in [6.45, 7) is 6.05. The summed E-state index contributed by atoms with van der Waals surface area (Å²) in [5, 5.41) is 5.13. The van der Waals surface area contributed by atoms with Crippen LogP contribution in [0.1, 0.15) is 17.5 Å². The third-order valence-electron chi connectivity index (χ3n) is 5.26. The van der Waals surface area contributed by atoms with Gasteiger partial charge in [0.1, 0.15) is 5.75 Å². The number of nitrogens with zero attached hydrogens (tertiary/aromatic N) is 1. The highest BCUT2D eigenvalue weighted by Crippen LogP contribution is 2.36. The third kappa shape index (κ3) is 2.29. The van der Waals surface area contributed by atoms with Gasteiger partial charge in [-0.1, -0.05) is 0 Å². The summed E-state index contributed by atoms with van der Waals surface area (Å²) < 4.78 is 7.91. The molecular formula is C21H24N3O+. The zero-order valence-electron chi connectivity index (χ0n) is 15.0. The van der Waals surface area contributed by atoms with Crippen molar-refractivity contribution in [2.75, 3.05) is 13.7 Å². The fraction of sp³-hybridized carbons (Fsp3) is 0.286. The number of aryl methyl sites for hydroxylation is 3. The van der Waals surface area contributed by atoms with Gasteiger partial charge in [0.2, 0.25) is 11.0 Å². The van der Waals surface area contributed by atoms with E-state index in [1.165, 1.54) is 43.7 Å². The summed E-state index contributed by atoms with van der Waals surface area (Å²) in [4.78, 5) is 3.23. The first kappa shape index (κ1) is 15.9. The zero-order chi connectivity index (χ0) is 17.6. The van der Waals surface area contributed by atoms with Crippen molar-refractivity contribution in [3.63, 3.8) is 0 Å². The molecule has 4 aromatic rings. The first-order chi connectivity index (χ1) is 12.2. The molecule has 0 amide bonds. The minimum atomic E-state index is 0.692. The number of benzene rings is 2. The number of methoxy groups -OCH3 is 1. The third-order valence-corrected chi connectivity index (χ3v) is 5.26. The van der Waals surface area contributed by atoms with Crippen LogP contribution in [0.15, 0.2) is 36.7 Å². The van der Waals surface area contributed by atoms with Crippen LogP contribution < -0.4 is 15.0 Å². The van der Waals surface area contributed by atoms with Crippen LogP contribution >= 0.6 is 0 Å². The van der Waals surface area contributed by atoms with E-state index < -0.39 is 0 Å². The summed E-state index contributed by atoms with van der Waals surface area (Å²) in [7, 11) is 1.72. The van der Waals surface area contributed by atoms with Crippen molar-refractivity contribution in [2.45, 2.75) is 26.8 Å². The van der Waals surface area contributed by atoms with Crippen molar-refractivity contribution in [1.82, 2.24) is 4.98 Å². The van der Waals surface area contributed by atoms with E-state index in [9.17, 15) is 0 Å². The Kier molecular flexibility index (Phi) is 3.85. The summed E-state index contributed by atoms with van der Waals surface area (Å²) in [5.74, 6) is 0.891. The normalized spacial score (nSPS) is 11.7. The highest BCUT2D eigenvalue weighted by atomic mass is 16.5. The summed E-state index contributed by atoms with van der Waals surface area (Å²) in [5.41, 5.74) is 11.0. The number of aromatic amines is 1. The van der Waals surface area contributed by atoms with Gasteiger partial charge in [0, 0.05) is 35.8 Å². The van der Waals surface area contributed by atoms with Crippen LogP contribution in [0.5, 0.6) is 5.75 Å². The second-order valence-corrected chi connectivity index (χ2v) is 6.62. The molecule has 0 radical (unpaired) electrons. The standard InChI is InChI=1S/C21H23N3O/c1-13-18-12-23-9-7-16(18)14(2)21-20(13)17-11-15(25-3)5-6-19(17)24(21)10-4-8-22/h5-7,9,11-12H,4,8,10,22H2,1-3H3/p+1. The Balaban J connectivity index is 2.23. The van der Waals surface area contributed by atoms with Crippen molar-refractivity contribution in [3.05, 3.63) is 47.8 Å². The highest BCUT2D eigenvalue weighted by Gasteiger charge is 2.25. The molecule has 0 saturated heterocycles. The number of nitrogens with one attached hydrogen (secondary N) is 1. The predicted octanol–water partition coefficient (Wildman–Crippen LogP) is 3.74. The molecule has 2 aromatic heterocycles. The molecule has 0 aliphatic carbocycles. The molecule has 0 saturated carbocycles. The van der Waals surface area contributed by atoms with Crippen LogP contribution in [0, 0.1) is 13.8 Å². The van der Waals surface area contributed by atoms with Crippen molar-refractivity contribution in [1.29, 1.82) is 0 Å². The molecule has 0 aliphatic rings. The molecule has 4 rings (SSSR count). The number of aromatic nitrogens is 2. The van der Waals surface area contributed by atoms with Gasteiger partial charge in [-0.25, -0.2) is 0 Å². The lowest BCUT2D eigenvalue weighted by molar-refractivity contribution is -0.644. The topological polar surface area (TPSA) is 54.9 Å². The first-order valence-corrected chi connectivity index (χ1v) is 8.76.